The van der Waals surface area contributed by atoms with E-state index in [0.717, 1.165) is 19.4 Å². The number of aromatic nitrogens is 3. The third-order valence-corrected chi connectivity index (χ3v) is 7.69. The number of phenols is 1. The maximum atomic E-state index is 16.4. The molecule has 3 N–H and O–H groups in total. The number of nitrogens with two attached hydrogens (primary N) is 1. The second-order valence-corrected chi connectivity index (χ2v) is 10.3. The van der Waals surface area contributed by atoms with Gasteiger partial charge in [-0.2, -0.15) is 9.97 Å². The Morgan fingerprint density at radius 2 is 2.08 bits per heavy atom. The average molecular weight is 556 g/mol. The number of rotatable bonds is 8. The number of alkyl halides is 1. The second kappa shape index (κ2) is 10.6. The van der Waals surface area contributed by atoms with Crippen LogP contribution in [0.25, 0.3) is 27.7 Å². The molecule has 0 saturated carbocycles. The maximum Gasteiger partial charge on any atom is 0.319 e. The van der Waals surface area contributed by atoms with Crippen LogP contribution in [0.1, 0.15) is 44.2 Å². The molecular formula is C29H32F3N5O3. The van der Waals surface area contributed by atoms with Gasteiger partial charge in [0.05, 0.1) is 12.1 Å². The molecule has 1 aromatic carbocycles. The molecule has 0 unspecified atom stereocenters. The zero-order valence-corrected chi connectivity index (χ0v) is 22.7. The molecule has 2 aliphatic rings. The van der Waals surface area contributed by atoms with E-state index in [1.807, 2.05) is 0 Å². The first-order valence-corrected chi connectivity index (χ1v) is 13.2. The van der Waals surface area contributed by atoms with Crippen LogP contribution in [0, 0.1) is 12.7 Å². The van der Waals surface area contributed by atoms with Crippen molar-refractivity contribution in [1.29, 1.82) is 0 Å². The predicted molar refractivity (Wildman–Crippen MR) is 147 cm³/mol. The molecule has 11 heteroatoms. The van der Waals surface area contributed by atoms with Crippen molar-refractivity contribution < 1.29 is 27.8 Å². The highest BCUT2D eigenvalue weighted by molar-refractivity contribution is 5.97. The molecule has 4 heterocycles. The highest BCUT2D eigenvalue weighted by Gasteiger charge is 2.49. The molecule has 2 aliphatic heterocycles. The van der Waals surface area contributed by atoms with Gasteiger partial charge < -0.3 is 20.3 Å². The number of nitrogens with zero attached hydrogens (tertiary/aromatic N) is 4. The van der Waals surface area contributed by atoms with Gasteiger partial charge in [-0.05, 0) is 63.4 Å². The van der Waals surface area contributed by atoms with E-state index in [9.17, 15) is 13.9 Å². The van der Waals surface area contributed by atoms with Crippen LogP contribution in [0.4, 0.5) is 19.0 Å². The van der Waals surface area contributed by atoms with Gasteiger partial charge >= 0.3 is 6.01 Å². The first-order chi connectivity index (χ1) is 19.1. The molecule has 3 aromatic rings. The zero-order chi connectivity index (χ0) is 28.8. The molecule has 40 heavy (non-hydrogen) atoms. The van der Waals surface area contributed by atoms with E-state index >= 15 is 4.39 Å². The molecule has 0 bridgehead atoms. The summed E-state index contributed by atoms with van der Waals surface area (Å²) in [4.78, 5) is 15.0. The Hall–Kier alpha value is -3.86. The summed E-state index contributed by atoms with van der Waals surface area (Å²) in [5.74, 6) is -1.71. The van der Waals surface area contributed by atoms with E-state index in [-0.39, 0.29) is 64.4 Å². The van der Waals surface area contributed by atoms with Crippen LogP contribution < -0.4 is 15.2 Å². The fourth-order valence-corrected chi connectivity index (χ4v) is 6.00. The third-order valence-electron chi connectivity index (χ3n) is 7.69. The Morgan fingerprint density at radius 3 is 2.77 bits per heavy atom. The first kappa shape index (κ1) is 27.7. The maximum absolute atomic E-state index is 16.4. The third kappa shape index (κ3) is 4.72. The molecule has 5 rings (SSSR count). The second-order valence-electron chi connectivity index (χ2n) is 10.3. The van der Waals surface area contributed by atoms with Crippen LogP contribution in [-0.2, 0) is 0 Å². The summed E-state index contributed by atoms with van der Waals surface area (Å²) >= 11 is 0. The summed E-state index contributed by atoms with van der Waals surface area (Å²) in [7, 11) is 0. The number of halogens is 3. The number of ether oxygens (including phenoxy) is 2. The van der Waals surface area contributed by atoms with E-state index in [1.54, 1.807) is 13.8 Å². The number of hydrogen-bond acceptors (Lipinski definition) is 8. The van der Waals surface area contributed by atoms with Crippen molar-refractivity contribution in [3.63, 3.8) is 0 Å². The summed E-state index contributed by atoms with van der Waals surface area (Å²) in [5, 5.41) is 10.4. The number of nitrogen functional groups attached to an aromatic ring is 1. The first-order valence-electron chi connectivity index (χ1n) is 13.2. The van der Waals surface area contributed by atoms with Gasteiger partial charge in [0.2, 0.25) is 5.88 Å². The lowest BCUT2D eigenvalue weighted by Gasteiger charge is -2.30. The lowest BCUT2D eigenvalue weighted by Crippen LogP contribution is -2.43. The van der Waals surface area contributed by atoms with Gasteiger partial charge in [0.1, 0.15) is 46.8 Å². The summed E-state index contributed by atoms with van der Waals surface area (Å²) in [5.41, 5.74) is 6.38. The van der Waals surface area contributed by atoms with Crippen molar-refractivity contribution in [2.75, 3.05) is 32.0 Å². The van der Waals surface area contributed by atoms with Gasteiger partial charge in [0.15, 0.2) is 5.82 Å². The van der Waals surface area contributed by atoms with Crippen molar-refractivity contribution in [3.8, 4) is 28.9 Å². The highest BCUT2D eigenvalue weighted by Crippen LogP contribution is 2.43. The zero-order valence-electron chi connectivity index (χ0n) is 22.7. The lowest BCUT2D eigenvalue weighted by atomic mass is 9.91. The fourth-order valence-electron chi connectivity index (χ4n) is 6.00. The van der Waals surface area contributed by atoms with Crippen molar-refractivity contribution in [3.05, 3.63) is 47.6 Å². The van der Waals surface area contributed by atoms with Crippen LogP contribution in [0.3, 0.4) is 0 Å². The molecular weight excluding hydrogens is 523 g/mol. The van der Waals surface area contributed by atoms with Crippen molar-refractivity contribution in [1.82, 2.24) is 19.9 Å². The Kier molecular flexibility index (Phi) is 7.34. The number of pyridine rings is 1. The standard InChI is InChI=1S/C29H32F3N5O3/c1-5-19(16(4)30)21-15(3)10-18(38)11-20(21)24-23(32)25-22(27(34-24)39-6-2)26(33)36-28(35-25)40-14-29-8-7-9-37(29)13-17(31)12-29/h5,10-11,17,38H,1,6-9,12-14H2,2-4H3,(H2,33,35,36)/b19-16+/t17-,29+/m1/s1. The van der Waals surface area contributed by atoms with Crippen molar-refractivity contribution in [2.45, 2.75) is 51.7 Å². The lowest BCUT2D eigenvalue weighted by molar-refractivity contribution is 0.107. The highest BCUT2D eigenvalue weighted by atomic mass is 19.1. The molecule has 2 fully saturated rings. The Balaban J connectivity index is 1.67. The summed E-state index contributed by atoms with van der Waals surface area (Å²) in [6.07, 6.45) is 2.45. The molecule has 0 radical (unpaired) electrons. The number of phenolic OH excluding ortho intramolecular Hbond substituents is 1. The van der Waals surface area contributed by atoms with Gasteiger partial charge in [0.25, 0.3) is 0 Å². The average Bonchev–Trinajstić information content (AvgIpc) is 3.41. The minimum absolute atomic E-state index is 0.0253. The normalized spacial score (nSPS) is 21.4. The predicted octanol–water partition coefficient (Wildman–Crippen LogP) is 5.67. The number of anilines is 1. The topological polar surface area (TPSA) is 107 Å². The van der Waals surface area contributed by atoms with Crippen LogP contribution >= 0.6 is 0 Å². The summed E-state index contributed by atoms with van der Waals surface area (Å²) in [6.45, 7) is 9.82. The van der Waals surface area contributed by atoms with Crippen LogP contribution in [0.5, 0.6) is 17.6 Å². The van der Waals surface area contributed by atoms with Gasteiger partial charge in [0, 0.05) is 24.1 Å². The van der Waals surface area contributed by atoms with Crippen molar-refractivity contribution >= 4 is 22.3 Å². The Bertz CT molecular complexity index is 1530. The molecule has 0 amide bonds. The van der Waals surface area contributed by atoms with Crippen molar-refractivity contribution in [2.24, 2.45) is 0 Å². The SMILES string of the molecule is C=C/C(=C(/C)F)c1c(C)cc(O)cc1-c1nc(OCC)c2c(N)nc(OC[C@@]34CCCN3C[C@H](F)C4)nc2c1F. The molecule has 0 spiro atoms. The van der Waals surface area contributed by atoms with Gasteiger partial charge in [-0.1, -0.05) is 12.7 Å². The van der Waals surface area contributed by atoms with Gasteiger partial charge in [-0.15, -0.1) is 0 Å². The van der Waals surface area contributed by atoms with Crippen LogP contribution in [0.15, 0.2) is 30.6 Å². The number of aromatic hydroxyl groups is 1. The Morgan fingerprint density at radius 1 is 1.30 bits per heavy atom. The number of allylic oxidation sites excluding steroid dienone is 3. The van der Waals surface area contributed by atoms with E-state index in [1.165, 1.54) is 25.1 Å². The minimum atomic E-state index is -0.936. The monoisotopic (exact) mass is 555 g/mol. The van der Waals surface area contributed by atoms with Gasteiger partial charge in [-0.25, -0.2) is 18.2 Å². The molecule has 2 aromatic heterocycles. The fraction of sp³-hybridized carbons (Fsp3) is 0.414. The van der Waals surface area contributed by atoms with Gasteiger partial charge in [-0.3, -0.25) is 4.90 Å². The molecule has 212 valence electrons. The van der Waals surface area contributed by atoms with Crippen LogP contribution in [0.2, 0.25) is 0 Å². The molecule has 8 nitrogen and oxygen atoms in total. The molecule has 0 aliphatic carbocycles. The smallest absolute Gasteiger partial charge is 0.319 e. The van der Waals surface area contributed by atoms with E-state index in [2.05, 4.69) is 26.4 Å². The largest absolute Gasteiger partial charge is 0.508 e. The van der Waals surface area contributed by atoms with E-state index in [4.69, 9.17) is 15.2 Å². The summed E-state index contributed by atoms with van der Waals surface area (Å²) < 4.78 is 56.8. The summed E-state index contributed by atoms with van der Waals surface area (Å²) in [6, 6.07) is 2.58. The van der Waals surface area contributed by atoms with Crippen LogP contribution in [-0.4, -0.2) is 63.0 Å². The van der Waals surface area contributed by atoms with E-state index < -0.39 is 23.4 Å². The van der Waals surface area contributed by atoms with E-state index in [0.29, 0.717) is 24.1 Å². The minimum Gasteiger partial charge on any atom is -0.508 e. The molecule has 2 atom stereocenters. The number of fused-ring (bicyclic) bond motifs is 2. The number of hydrogen-bond donors (Lipinski definition) is 2. The number of aryl methyl sites for hydroxylation is 1. The quantitative estimate of drug-likeness (QED) is 0.343. The Labute approximate surface area is 230 Å². The molecule has 2 saturated heterocycles. The number of benzene rings is 1.